The number of hydrogen-bond acceptors (Lipinski definition) is 40. The summed E-state index contributed by atoms with van der Waals surface area (Å²) in [7, 11) is -11.3. The Labute approximate surface area is 482 Å². The van der Waals surface area contributed by atoms with Crippen molar-refractivity contribution >= 4 is 15.6 Å². The maximum absolute atomic E-state index is 13.3. The van der Waals surface area contributed by atoms with Crippen LogP contribution in [0.1, 0.15) is 0 Å². The van der Waals surface area contributed by atoms with E-state index in [0.717, 1.165) is 0 Å². The Hall–Kier alpha value is -1.14. The third-order valence-electron chi connectivity index (χ3n) is 14.9. The van der Waals surface area contributed by atoms with E-state index in [-0.39, 0.29) is 0 Å². The van der Waals surface area contributed by atoms with Gasteiger partial charge >= 0.3 is 15.6 Å². The second kappa shape index (κ2) is 30.3. The molecule has 7 aliphatic rings. The fourth-order valence-corrected chi connectivity index (χ4v) is 11.6. The van der Waals surface area contributed by atoms with Gasteiger partial charge in [-0.15, -0.1) is 0 Å². The summed E-state index contributed by atoms with van der Waals surface area (Å²) >= 11 is 0. The first kappa shape index (κ1) is 72.3. The van der Waals surface area contributed by atoms with E-state index in [2.05, 4.69) is 0 Å². The molecule has 0 spiro atoms. The van der Waals surface area contributed by atoms with Crippen molar-refractivity contribution in [1.82, 2.24) is 0 Å². The van der Waals surface area contributed by atoms with Crippen LogP contribution in [0.5, 0.6) is 0 Å². The minimum Gasteiger partial charge on any atom is -0.394 e. The summed E-state index contributed by atoms with van der Waals surface area (Å²) in [6.07, 6.45) is -72.5. The minimum absolute atomic E-state index is 0.900. The van der Waals surface area contributed by atoms with Gasteiger partial charge in [-0.2, -0.15) is 0 Å². The maximum atomic E-state index is 13.3. The number of aliphatic hydroxyl groups is 23. The molecular weight excluding hydrogens is 1240 g/mol. The molecule has 504 valence electrons. The van der Waals surface area contributed by atoms with E-state index in [0.29, 0.717) is 0 Å². The topological polar surface area (TPSA) is 678 Å². The molecule has 0 aromatic rings. The summed E-state index contributed by atoms with van der Waals surface area (Å²) in [5.74, 6) is 0. The van der Waals surface area contributed by atoms with Crippen molar-refractivity contribution in [3.8, 4) is 0 Å². The molecule has 86 heavy (non-hydrogen) atoms. The molecule has 44 heteroatoms. The fraction of sp³-hybridized carbons (Fsp3) is 1.00. The van der Waals surface area contributed by atoms with Gasteiger partial charge in [-0.1, -0.05) is 0 Å². The first-order chi connectivity index (χ1) is 40.3. The maximum Gasteiger partial charge on any atom is 0.474 e. The molecule has 7 aliphatic heterocycles. The molecule has 0 aliphatic carbocycles. The molecule has 37 atom stereocenters. The van der Waals surface area contributed by atoms with Crippen LogP contribution in [0.3, 0.4) is 0 Å². The lowest BCUT2D eigenvalue weighted by Crippen LogP contribution is -2.66. The standard InChI is InChI=1S/C42H74O42P2/c43-1-8-15(48)19(52)26(59)37(73-8)82-35-18(51)9(2-44)74-40(31(35)64)81-34-12(5-47)76-42(30(63)24(34)57)84-86(68,69)71-7-14-17(50)21(54)28(61)39(78-14)80-33-11(4-46)75-41(29(62)23(33)56)83-85(66,67)70-6-13-16(49)20(53)27(60)38(77-13)79-32-10(3-45)72-36(65)25(58)22(32)55/h8-65H,1-7H2,(H,66,67)(H,68,69)/t8-,9-,10-,11-,12-,13-,14-,15+,16+,17+,18+,19+,20+,21+,22-,23-,24-,25+,26-,27-,28-,29+,30+,31-,32-,33-,34-,35+,36+,37+,38+,39+,40+,41-,42-/m1/s1. The lowest BCUT2D eigenvalue weighted by Gasteiger charge is -2.48. The van der Waals surface area contributed by atoms with E-state index in [1.807, 2.05) is 0 Å². The molecule has 0 bridgehead atoms. The van der Waals surface area contributed by atoms with Gasteiger partial charge in [-0.3, -0.25) is 18.1 Å². The van der Waals surface area contributed by atoms with Crippen molar-refractivity contribution in [3.05, 3.63) is 0 Å². The highest BCUT2D eigenvalue weighted by Gasteiger charge is 2.58. The molecule has 0 aromatic carbocycles. The van der Waals surface area contributed by atoms with E-state index >= 15 is 0 Å². The summed E-state index contributed by atoms with van der Waals surface area (Å²) in [4.78, 5) is 21.3. The average molecular weight is 1310 g/mol. The summed E-state index contributed by atoms with van der Waals surface area (Å²) < 4.78 is 105. The Kier molecular flexibility index (Phi) is 25.5. The van der Waals surface area contributed by atoms with Crippen LogP contribution in [-0.4, -0.2) is 388 Å². The van der Waals surface area contributed by atoms with Crippen LogP contribution in [0.25, 0.3) is 0 Å². The minimum atomic E-state index is -5.66. The lowest BCUT2D eigenvalue weighted by atomic mass is 9.96. The van der Waals surface area contributed by atoms with E-state index in [9.17, 15) is 136 Å². The molecule has 7 heterocycles. The van der Waals surface area contributed by atoms with E-state index in [4.69, 9.17) is 70.2 Å². The Morgan fingerprint density at radius 2 is 0.535 bits per heavy atom. The van der Waals surface area contributed by atoms with Crippen molar-refractivity contribution < 1.29 is 207 Å². The van der Waals surface area contributed by atoms with Crippen molar-refractivity contribution in [2.75, 3.05) is 46.2 Å². The van der Waals surface area contributed by atoms with Crippen molar-refractivity contribution in [2.45, 2.75) is 215 Å². The van der Waals surface area contributed by atoms with Gasteiger partial charge in [-0.05, 0) is 0 Å². The predicted molar refractivity (Wildman–Crippen MR) is 254 cm³/mol. The number of phosphoric acid groups is 2. The number of ether oxygens (including phenoxy) is 11. The SMILES string of the molecule is O=P(O)(OC[C@H]1O[C@@H](O[C@H]2[C@H](O)[C@H](O)[C@@H](O)O[C@@H]2CO)[C@H](O)[C@@H](O)[C@H]1O)O[C@H]1O[C@H](CO)[C@@H](O[C@@H]2O[C@H](COP(=O)(O)O[C@H]3O[C@H](CO)[C@@H](O[C@@H]4O[C@H](CO)[C@H](O)[C@H](O[C@@H]5O[C@H](CO)[C@H](O)[C@H](O)[C@H]5O)[C@H]4O)[C@H](O)[C@@H]3O)[C@H](O)[C@H](O)[C@H]2O)[C@H](O)[C@@H]1O. The summed E-state index contributed by atoms with van der Waals surface area (Å²) in [5.41, 5.74) is 0. The second-order valence-corrected chi connectivity index (χ2v) is 23.5. The number of hydrogen-bond donors (Lipinski definition) is 25. The summed E-state index contributed by atoms with van der Waals surface area (Å²) in [6.45, 7) is -7.77. The zero-order valence-electron chi connectivity index (χ0n) is 44.2. The number of phosphoric ester groups is 2. The highest BCUT2D eigenvalue weighted by Crippen LogP contribution is 2.49. The second-order valence-electron chi connectivity index (χ2n) is 20.7. The molecule has 25 N–H and O–H groups in total. The Balaban J connectivity index is 0.922. The first-order valence-electron chi connectivity index (χ1n) is 26.1. The predicted octanol–water partition coefficient (Wildman–Crippen LogP) is -16.0. The fourth-order valence-electron chi connectivity index (χ4n) is 9.97. The van der Waals surface area contributed by atoms with Crippen molar-refractivity contribution in [2.24, 2.45) is 0 Å². The Morgan fingerprint density at radius 3 is 0.895 bits per heavy atom. The molecule has 0 saturated carbocycles. The van der Waals surface area contributed by atoms with Gasteiger partial charge in [0.05, 0.1) is 46.2 Å². The lowest BCUT2D eigenvalue weighted by molar-refractivity contribution is -0.378. The van der Waals surface area contributed by atoms with E-state index < -0.39 is 277 Å². The van der Waals surface area contributed by atoms with Crippen LogP contribution >= 0.6 is 15.6 Å². The Morgan fingerprint density at radius 1 is 0.267 bits per heavy atom. The molecular formula is C42H74O42P2. The molecule has 2 unspecified atom stereocenters. The molecule has 7 fully saturated rings. The highest BCUT2D eigenvalue weighted by atomic mass is 31.2. The highest BCUT2D eigenvalue weighted by molar-refractivity contribution is 7.47. The van der Waals surface area contributed by atoms with Crippen molar-refractivity contribution in [3.63, 3.8) is 0 Å². The smallest absolute Gasteiger partial charge is 0.394 e. The first-order valence-corrected chi connectivity index (χ1v) is 29.1. The zero-order valence-corrected chi connectivity index (χ0v) is 46.0. The molecule has 0 aromatic heterocycles. The molecule has 7 saturated heterocycles. The number of aliphatic hydroxyl groups excluding tert-OH is 23. The van der Waals surface area contributed by atoms with Crippen molar-refractivity contribution in [1.29, 1.82) is 0 Å². The summed E-state index contributed by atoms with van der Waals surface area (Å²) in [6, 6.07) is 0. The van der Waals surface area contributed by atoms with Crippen LogP contribution in [0, 0.1) is 0 Å². The summed E-state index contributed by atoms with van der Waals surface area (Å²) in [5, 5.41) is 241. The normalized spacial score (nSPS) is 51.2. The Bertz CT molecular complexity index is 2190. The van der Waals surface area contributed by atoms with Crippen LogP contribution in [0.2, 0.25) is 0 Å². The monoisotopic (exact) mass is 1310 g/mol. The molecule has 0 radical (unpaired) electrons. The van der Waals surface area contributed by atoms with Gasteiger partial charge in [0.25, 0.3) is 0 Å². The van der Waals surface area contributed by atoms with E-state index in [1.165, 1.54) is 0 Å². The van der Waals surface area contributed by atoms with Crippen LogP contribution in [0.15, 0.2) is 0 Å². The van der Waals surface area contributed by atoms with Gasteiger partial charge < -0.3 is 179 Å². The third-order valence-corrected chi connectivity index (χ3v) is 16.8. The van der Waals surface area contributed by atoms with Gasteiger partial charge in [0, 0.05) is 0 Å². The molecule has 0 amide bonds. The largest absolute Gasteiger partial charge is 0.474 e. The quantitative estimate of drug-likeness (QED) is 0.0422. The van der Waals surface area contributed by atoms with Gasteiger partial charge in [0.1, 0.15) is 171 Å². The molecule has 7 rings (SSSR count). The zero-order chi connectivity index (χ0) is 63.8. The van der Waals surface area contributed by atoms with Crippen LogP contribution in [-0.2, 0) is 79.3 Å². The average Bonchev–Trinajstić information content (AvgIpc) is 1.13. The van der Waals surface area contributed by atoms with Crippen LogP contribution in [0.4, 0.5) is 0 Å². The number of rotatable bonds is 23. The van der Waals surface area contributed by atoms with Gasteiger partial charge in [0.15, 0.2) is 44.0 Å². The van der Waals surface area contributed by atoms with Gasteiger partial charge in [0.2, 0.25) is 0 Å². The van der Waals surface area contributed by atoms with E-state index in [1.54, 1.807) is 0 Å². The van der Waals surface area contributed by atoms with Crippen LogP contribution < -0.4 is 0 Å². The molecule has 42 nitrogen and oxygen atoms in total. The van der Waals surface area contributed by atoms with Gasteiger partial charge in [-0.25, -0.2) is 9.13 Å². The third kappa shape index (κ3) is 15.9.